The first-order chi connectivity index (χ1) is 11.5. The molecule has 26 heavy (non-hydrogen) atoms. The molecule has 0 unspecified atom stereocenters. The number of hydrogen-bond donors (Lipinski definition) is 0. The molecule has 1 aliphatic heterocycles. The van der Waals surface area contributed by atoms with Gasteiger partial charge in [-0.25, -0.2) is 12.8 Å². The van der Waals surface area contributed by atoms with Crippen molar-refractivity contribution in [2.75, 3.05) is 21.1 Å². The van der Waals surface area contributed by atoms with Crippen LogP contribution in [0.1, 0.15) is 46.1 Å². The second kappa shape index (κ2) is 7.76. The van der Waals surface area contributed by atoms with E-state index in [1.807, 2.05) is 11.3 Å². The van der Waals surface area contributed by atoms with Crippen molar-refractivity contribution < 1.29 is 17.5 Å². The number of hydrogen-bond acceptors (Lipinski definition) is 4. The van der Waals surface area contributed by atoms with Crippen LogP contribution in [0, 0.1) is 6.92 Å². The average Bonchev–Trinajstić information content (AvgIpc) is 2.43. The van der Waals surface area contributed by atoms with Gasteiger partial charge in [-0.2, -0.15) is 0 Å². The molecule has 0 amide bonds. The highest BCUT2D eigenvalue weighted by Crippen LogP contribution is 2.42. The van der Waals surface area contributed by atoms with E-state index in [-0.39, 0.29) is 16.0 Å². The zero-order chi connectivity index (χ0) is 20.6. The van der Waals surface area contributed by atoms with Crippen molar-refractivity contribution in [3.8, 4) is 0 Å². The van der Waals surface area contributed by atoms with Gasteiger partial charge >= 0.3 is 0 Å². The smallest absolute Gasteiger partial charge is 0.124 e. The topological polar surface area (TPSA) is 60.4 Å². The Morgan fingerprint density at radius 2 is 1.42 bits per heavy atom. The van der Waals surface area contributed by atoms with Crippen molar-refractivity contribution in [2.45, 2.75) is 69.5 Å². The van der Waals surface area contributed by atoms with Crippen molar-refractivity contribution in [3.05, 3.63) is 29.8 Å². The Morgan fingerprint density at radius 3 is 1.73 bits per heavy atom. The maximum atomic E-state index is 10.4. The minimum atomic E-state index is -4.27. The molecule has 0 N–H and O–H groups in total. The molecule has 0 atom stereocenters. The monoisotopic (exact) mass is 404 g/mol. The molecule has 150 valence electrons. The summed E-state index contributed by atoms with van der Waals surface area (Å²) in [6.45, 7) is 10.8. The third kappa shape index (κ3) is 6.20. The summed E-state index contributed by atoms with van der Waals surface area (Å²) in [7, 11) is 2.57. The molecule has 0 aliphatic carbocycles. The van der Waals surface area contributed by atoms with E-state index in [0.29, 0.717) is 6.04 Å². The van der Waals surface area contributed by atoms with Crippen LogP contribution in [-0.2, 0) is 10.1 Å². The summed E-state index contributed by atoms with van der Waals surface area (Å²) in [4.78, 5) is -0.178. The fraction of sp³-hybridized carbons (Fsp3) is 0.684. The maximum Gasteiger partial charge on any atom is 0.124 e. The Bertz CT molecular complexity index is 689. The van der Waals surface area contributed by atoms with E-state index in [0.717, 1.165) is 22.9 Å². The molecule has 0 aromatic heterocycles. The van der Waals surface area contributed by atoms with Gasteiger partial charge in [0.05, 0.1) is 32.1 Å². The van der Waals surface area contributed by atoms with Crippen LogP contribution in [0.4, 0.5) is 0 Å². The molecular weight excluding hydrogens is 372 g/mol. The van der Waals surface area contributed by atoms with Crippen LogP contribution in [0.15, 0.2) is 29.2 Å². The number of nitrogens with zero attached hydrogens (tertiary/aromatic N) is 2. The van der Waals surface area contributed by atoms with Gasteiger partial charge in [-0.3, -0.25) is 0 Å². The van der Waals surface area contributed by atoms with Gasteiger partial charge in [0.2, 0.25) is 0 Å². The first kappa shape index (κ1) is 23.4. The van der Waals surface area contributed by atoms with Crippen molar-refractivity contribution in [1.29, 1.82) is 0 Å². The molecule has 1 aromatic rings. The summed E-state index contributed by atoms with van der Waals surface area (Å²) in [6, 6.07) is 6.47. The van der Waals surface area contributed by atoms with Crippen LogP contribution >= 0.6 is 11.8 Å². The number of piperidine rings is 1. The van der Waals surface area contributed by atoms with E-state index in [1.165, 1.54) is 12.1 Å². The number of quaternary nitrogens is 1. The zero-order valence-electron chi connectivity index (χ0n) is 17.2. The Hall–Kier alpha value is -0.660. The van der Waals surface area contributed by atoms with Crippen molar-refractivity contribution in [2.24, 2.45) is 0 Å². The molecule has 1 heterocycles. The average molecular weight is 405 g/mol. The van der Waals surface area contributed by atoms with Gasteiger partial charge in [0.1, 0.15) is 10.1 Å². The molecule has 5 nitrogen and oxygen atoms in total. The Morgan fingerprint density at radius 1 is 1.04 bits per heavy atom. The van der Waals surface area contributed by atoms with Gasteiger partial charge in [0.15, 0.2) is 0 Å². The predicted octanol–water partition coefficient (Wildman–Crippen LogP) is 3.77. The lowest BCUT2D eigenvalue weighted by Gasteiger charge is -2.53. The molecule has 0 radical (unpaired) electrons. The van der Waals surface area contributed by atoms with Crippen LogP contribution in [0.5, 0.6) is 0 Å². The van der Waals surface area contributed by atoms with Gasteiger partial charge in [0, 0.05) is 23.9 Å². The van der Waals surface area contributed by atoms with Crippen LogP contribution in [0.25, 0.3) is 0 Å². The summed E-state index contributed by atoms with van der Waals surface area (Å²) in [5.74, 6) is 0. The second-order valence-corrected chi connectivity index (χ2v) is 11.1. The number of benzene rings is 1. The van der Waals surface area contributed by atoms with Crippen molar-refractivity contribution in [1.82, 2.24) is 4.42 Å². The normalized spacial score (nSPS) is 21.0. The Balaban J connectivity index is 0.000000273. The van der Waals surface area contributed by atoms with Gasteiger partial charge < -0.3 is 9.04 Å². The van der Waals surface area contributed by atoms with E-state index in [2.05, 4.69) is 48.8 Å². The van der Waals surface area contributed by atoms with Gasteiger partial charge in [-0.1, -0.05) is 17.7 Å². The minimum Gasteiger partial charge on any atom is -0.744 e. The highest BCUT2D eigenvalue weighted by atomic mass is 35.5. The number of aryl methyl sites for hydroxylation is 1. The highest BCUT2D eigenvalue weighted by Gasteiger charge is 2.48. The third-order valence-corrected chi connectivity index (χ3v) is 6.70. The van der Waals surface area contributed by atoms with E-state index >= 15 is 0 Å². The Labute approximate surface area is 164 Å². The van der Waals surface area contributed by atoms with E-state index in [1.54, 1.807) is 12.1 Å². The minimum absolute atomic E-state index is 0.0828. The molecule has 0 bridgehead atoms. The molecule has 1 saturated heterocycles. The van der Waals surface area contributed by atoms with Gasteiger partial charge in [-0.05, 0) is 58.5 Å². The molecule has 1 aromatic carbocycles. The first-order valence-electron chi connectivity index (χ1n) is 8.77. The van der Waals surface area contributed by atoms with Crippen LogP contribution < -0.4 is 0 Å². The third-order valence-electron chi connectivity index (χ3n) is 4.94. The standard InChI is InChI=1S/C12H26ClN2.C7H8O3S/c1-11(2)8-10(15(5,6)7)9-12(3,4)14(11)13;1-6-2-4-7(5-3-6)11(8,9)10/h10H,8-9H2,1-7H3;2-5H,1H3,(H,8,9,10)/q+1;/p-1. The highest BCUT2D eigenvalue weighted by molar-refractivity contribution is 7.85. The summed E-state index contributed by atoms with van der Waals surface area (Å²) < 4.78 is 34.2. The SMILES string of the molecule is CC1(C)CC([N+](C)(C)C)CC(C)(C)N1Cl.Cc1ccc(S(=O)(=O)[O-])cc1. The van der Waals surface area contributed by atoms with Crippen LogP contribution in [0.3, 0.4) is 0 Å². The van der Waals surface area contributed by atoms with E-state index in [4.69, 9.17) is 11.8 Å². The zero-order valence-corrected chi connectivity index (χ0v) is 18.8. The summed E-state index contributed by atoms with van der Waals surface area (Å²) in [6.07, 6.45) is 2.31. The van der Waals surface area contributed by atoms with Crippen LogP contribution in [0.2, 0.25) is 0 Å². The Kier molecular flexibility index (Phi) is 6.98. The first-order valence-corrected chi connectivity index (χ1v) is 10.5. The quantitative estimate of drug-likeness (QED) is 0.427. The molecule has 0 saturated carbocycles. The lowest BCUT2D eigenvalue weighted by molar-refractivity contribution is -0.899. The molecule has 2 rings (SSSR count). The van der Waals surface area contributed by atoms with Crippen molar-refractivity contribution in [3.63, 3.8) is 0 Å². The van der Waals surface area contributed by atoms with Crippen molar-refractivity contribution >= 4 is 21.9 Å². The summed E-state index contributed by atoms with van der Waals surface area (Å²) >= 11 is 6.44. The molecule has 1 aliphatic rings. The number of halogens is 1. The number of rotatable bonds is 2. The fourth-order valence-corrected chi connectivity index (χ4v) is 4.07. The lowest BCUT2D eigenvalue weighted by atomic mass is 9.78. The molecule has 1 fully saturated rings. The summed E-state index contributed by atoms with van der Waals surface area (Å²) in [5, 5.41) is 0. The maximum absolute atomic E-state index is 10.4. The summed E-state index contributed by atoms with van der Waals surface area (Å²) in [5.41, 5.74) is 1.09. The predicted molar refractivity (Wildman–Crippen MR) is 106 cm³/mol. The molecule has 0 spiro atoms. The molecular formula is C19H33ClN2O3S. The molecule has 7 heteroatoms. The van der Waals surface area contributed by atoms with E-state index in [9.17, 15) is 13.0 Å². The largest absolute Gasteiger partial charge is 0.744 e. The second-order valence-electron chi connectivity index (χ2n) is 9.35. The van der Waals surface area contributed by atoms with Crippen LogP contribution in [-0.4, -0.2) is 60.1 Å². The van der Waals surface area contributed by atoms with E-state index < -0.39 is 10.1 Å². The van der Waals surface area contributed by atoms with Gasteiger partial charge in [-0.15, -0.1) is 0 Å². The van der Waals surface area contributed by atoms with Gasteiger partial charge in [0.25, 0.3) is 0 Å². The fourth-order valence-electron chi connectivity index (χ4n) is 3.46. The lowest BCUT2D eigenvalue weighted by Crippen LogP contribution is -2.63.